The van der Waals surface area contributed by atoms with E-state index in [1.165, 1.54) is 7.11 Å². The van der Waals surface area contributed by atoms with Gasteiger partial charge in [-0.15, -0.1) is 10.2 Å². The van der Waals surface area contributed by atoms with Gasteiger partial charge in [0.1, 0.15) is 5.75 Å². The third kappa shape index (κ3) is 4.70. The average molecular weight is 370 g/mol. The predicted molar refractivity (Wildman–Crippen MR) is 99.6 cm³/mol. The molecule has 3 aromatic rings. The lowest BCUT2D eigenvalue weighted by Crippen LogP contribution is -2.20. The molecular weight excluding hydrogens is 354 g/mol. The van der Waals surface area contributed by atoms with Crippen molar-refractivity contribution in [2.24, 2.45) is 0 Å². The molecule has 6 nitrogen and oxygen atoms in total. The molecule has 1 aromatic heterocycles. The normalized spacial score (nSPS) is 10.2. The van der Waals surface area contributed by atoms with Gasteiger partial charge in [0.2, 0.25) is 5.88 Å². The van der Waals surface area contributed by atoms with Crippen molar-refractivity contribution in [1.29, 1.82) is 0 Å². The van der Waals surface area contributed by atoms with Gasteiger partial charge in [-0.1, -0.05) is 23.7 Å². The number of rotatable bonds is 6. The lowest BCUT2D eigenvalue weighted by Gasteiger charge is -2.08. The number of methoxy groups -OCH3 is 1. The van der Waals surface area contributed by atoms with E-state index >= 15 is 0 Å². The van der Waals surface area contributed by atoms with Crippen LogP contribution >= 0.6 is 11.6 Å². The maximum absolute atomic E-state index is 12.0. The van der Waals surface area contributed by atoms with E-state index < -0.39 is 0 Å². The average Bonchev–Trinajstić information content (AvgIpc) is 2.68. The number of carbonyl (C=O) groups is 1. The zero-order valence-corrected chi connectivity index (χ0v) is 14.7. The molecule has 0 aliphatic rings. The zero-order valence-electron chi connectivity index (χ0n) is 14.0. The van der Waals surface area contributed by atoms with E-state index in [1.807, 2.05) is 18.2 Å². The van der Waals surface area contributed by atoms with Crippen molar-refractivity contribution in [3.05, 3.63) is 65.7 Å². The summed E-state index contributed by atoms with van der Waals surface area (Å²) in [5.74, 6) is 0.785. The van der Waals surface area contributed by atoms with Gasteiger partial charge in [-0.05, 0) is 42.5 Å². The monoisotopic (exact) mass is 369 g/mol. The van der Waals surface area contributed by atoms with E-state index in [0.717, 1.165) is 11.3 Å². The molecular formula is C19H16ClN3O3. The molecule has 132 valence electrons. The van der Waals surface area contributed by atoms with Crippen LogP contribution in [-0.2, 0) is 4.79 Å². The van der Waals surface area contributed by atoms with Crippen LogP contribution in [0.15, 0.2) is 60.7 Å². The van der Waals surface area contributed by atoms with Gasteiger partial charge in [-0.2, -0.15) is 0 Å². The SMILES string of the molecule is COc1ccc(-c2ccc(NC(=O)COc3ccc(Cl)cc3)cc2)nn1. The third-order valence-corrected chi connectivity index (χ3v) is 3.75. The molecule has 0 aliphatic carbocycles. The first kappa shape index (κ1) is 17.7. The number of aromatic nitrogens is 2. The predicted octanol–water partition coefficient (Wildman–Crippen LogP) is 3.82. The Balaban J connectivity index is 1.56. The second kappa shape index (κ2) is 8.31. The molecule has 0 aliphatic heterocycles. The number of carbonyl (C=O) groups excluding carboxylic acids is 1. The summed E-state index contributed by atoms with van der Waals surface area (Å²) in [5, 5.41) is 11.4. The Morgan fingerprint density at radius 1 is 1.00 bits per heavy atom. The van der Waals surface area contributed by atoms with Gasteiger partial charge in [0.25, 0.3) is 5.91 Å². The summed E-state index contributed by atoms with van der Waals surface area (Å²) < 4.78 is 10.4. The second-order valence-corrected chi connectivity index (χ2v) is 5.77. The van der Waals surface area contributed by atoms with E-state index in [4.69, 9.17) is 21.1 Å². The van der Waals surface area contributed by atoms with Gasteiger partial charge in [0.15, 0.2) is 6.61 Å². The molecule has 2 aromatic carbocycles. The molecule has 0 saturated heterocycles. The summed E-state index contributed by atoms with van der Waals surface area (Å²) in [7, 11) is 1.54. The van der Waals surface area contributed by atoms with E-state index in [0.29, 0.717) is 22.3 Å². The van der Waals surface area contributed by atoms with Crippen LogP contribution in [0, 0.1) is 0 Å². The van der Waals surface area contributed by atoms with Crippen molar-refractivity contribution in [2.45, 2.75) is 0 Å². The Morgan fingerprint density at radius 3 is 2.35 bits per heavy atom. The van der Waals surface area contributed by atoms with Gasteiger partial charge in [-0.25, -0.2) is 0 Å². The summed E-state index contributed by atoms with van der Waals surface area (Å²) in [5.41, 5.74) is 2.27. The molecule has 7 heteroatoms. The fourth-order valence-corrected chi connectivity index (χ4v) is 2.31. The number of nitrogens with one attached hydrogen (secondary N) is 1. The molecule has 0 saturated carbocycles. The minimum atomic E-state index is -0.253. The molecule has 0 atom stereocenters. The molecule has 1 amide bonds. The van der Waals surface area contributed by atoms with Crippen molar-refractivity contribution in [2.75, 3.05) is 19.0 Å². The smallest absolute Gasteiger partial charge is 0.262 e. The van der Waals surface area contributed by atoms with E-state index in [2.05, 4.69) is 15.5 Å². The number of hydrogen-bond donors (Lipinski definition) is 1. The fraction of sp³-hybridized carbons (Fsp3) is 0.105. The quantitative estimate of drug-likeness (QED) is 0.715. The van der Waals surface area contributed by atoms with Crippen LogP contribution in [-0.4, -0.2) is 29.8 Å². The number of anilines is 1. The van der Waals surface area contributed by atoms with E-state index in [9.17, 15) is 4.79 Å². The largest absolute Gasteiger partial charge is 0.484 e. The van der Waals surface area contributed by atoms with Crippen LogP contribution in [0.1, 0.15) is 0 Å². The first-order chi connectivity index (χ1) is 12.6. The Labute approximate surface area is 155 Å². The van der Waals surface area contributed by atoms with E-state index in [-0.39, 0.29) is 12.5 Å². The maximum atomic E-state index is 12.0. The van der Waals surface area contributed by atoms with E-state index in [1.54, 1.807) is 42.5 Å². The Morgan fingerprint density at radius 2 is 1.73 bits per heavy atom. The molecule has 26 heavy (non-hydrogen) atoms. The van der Waals surface area contributed by atoms with Gasteiger partial charge >= 0.3 is 0 Å². The molecule has 1 heterocycles. The summed E-state index contributed by atoms with van der Waals surface area (Å²) >= 11 is 5.80. The lowest BCUT2D eigenvalue weighted by atomic mass is 10.1. The molecule has 0 fully saturated rings. The van der Waals surface area contributed by atoms with Crippen molar-refractivity contribution in [1.82, 2.24) is 10.2 Å². The molecule has 0 radical (unpaired) electrons. The van der Waals surface area contributed by atoms with Crippen LogP contribution in [0.4, 0.5) is 5.69 Å². The van der Waals surface area contributed by atoms with Crippen molar-refractivity contribution in [3.8, 4) is 22.9 Å². The number of benzene rings is 2. The molecule has 3 rings (SSSR count). The van der Waals surface area contributed by atoms with Gasteiger partial charge in [0, 0.05) is 22.3 Å². The maximum Gasteiger partial charge on any atom is 0.262 e. The highest BCUT2D eigenvalue weighted by Gasteiger charge is 2.06. The van der Waals surface area contributed by atoms with Crippen LogP contribution < -0.4 is 14.8 Å². The lowest BCUT2D eigenvalue weighted by molar-refractivity contribution is -0.118. The van der Waals surface area contributed by atoms with Gasteiger partial charge in [0.05, 0.1) is 12.8 Å². The summed E-state index contributed by atoms with van der Waals surface area (Å²) in [6.07, 6.45) is 0. The summed E-state index contributed by atoms with van der Waals surface area (Å²) in [6.45, 7) is -0.0899. The standard InChI is InChI=1S/C19H16ClN3O3/c1-25-19-11-10-17(22-23-19)13-2-6-15(7-3-13)21-18(24)12-26-16-8-4-14(20)5-9-16/h2-11H,12H2,1H3,(H,21,24). The topological polar surface area (TPSA) is 73.3 Å². The Kier molecular flexibility index (Phi) is 5.66. The van der Waals surface area contributed by atoms with Crippen LogP contribution in [0.25, 0.3) is 11.3 Å². The van der Waals surface area contributed by atoms with Gasteiger partial charge < -0.3 is 14.8 Å². The number of amides is 1. The minimum Gasteiger partial charge on any atom is -0.484 e. The van der Waals surface area contributed by atoms with Crippen molar-refractivity contribution < 1.29 is 14.3 Å². The van der Waals surface area contributed by atoms with Crippen LogP contribution in [0.2, 0.25) is 5.02 Å². The number of ether oxygens (including phenoxy) is 2. The Hall–Kier alpha value is -3.12. The molecule has 1 N–H and O–H groups in total. The van der Waals surface area contributed by atoms with Crippen LogP contribution in [0.5, 0.6) is 11.6 Å². The van der Waals surface area contributed by atoms with Crippen LogP contribution in [0.3, 0.4) is 0 Å². The third-order valence-electron chi connectivity index (χ3n) is 3.50. The summed E-state index contributed by atoms with van der Waals surface area (Å²) in [6, 6.07) is 17.7. The Bertz CT molecular complexity index is 866. The first-order valence-corrected chi connectivity index (χ1v) is 8.18. The number of halogens is 1. The minimum absolute atomic E-state index is 0.0899. The number of nitrogens with zero attached hydrogens (tertiary/aromatic N) is 2. The molecule has 0 spiro atoms. The number of hydrogen-bond acceptors (Lipinski definition) is 5. The molecule has 0 bridgehead atoms. The van der Waals surface area contributed by atoms with Crippen molar-refractivity contribution in [3.63, 3.8) is 0 Å². The summed E-state index contributed by atoms with van der Waals surface area (Å²) in [4.78, 5) is 12.0. The highest BCUT2D eigenvalue weighted by molar-refractivity contribution is 6.30. The van der Waals surface area contributed by atoms with Gasteiger partial charge in [-0.3, -0.25) is 4.79 Å². The van der Waals surface area contributed by atoms with Crippen molar-refractivity contribution >= 4 is 23.2 Å². The fourth-order valence-electron chi connectivity index (χ4n) is 2.18. The second-order valence-electron chi connectivity index (χ2n) is 5.33. The highest BCUT2D eigenvalue weighted by atomic mass is 35.5. The highest BCUT2D eigenvalue weighted by Crippen LogP contribution is 2.20. The zero-order chi connectivity index (χ0) is 18.4. The first-order valence-electron chi connectivity index (χ1n) is 7.80. The molecule has 0 unspecified atom stereocenters.